The lowest BCUT2D eigenvalue weighted by Crippen LogP contribution is -2.63. The standard InChI is InChI=1S/C30H33N3O9/c1-29(2,3)42-28(40)33-10-6-7-17(33)14-8-9-18(34)20-15(14)11-13-12-16-22(32(4)5)24(36)21(27(31)39)26(38)30(16,41)25(37)19(13)23(20)35/h6-10,13,16,22,34,36-37,41H,11-12H2,1-5H3,(H2,31,39)/t13-,16-,22?,30-/m1/s1. The highest BCUT2D eigenvalue weighted by atomic mass is 16.6. The SMILES string of the molecule is CN(C)C1C(O)=C(C(N)=O)C(=O)[C@]2(O)C(O)=C3C(=O)c4c(O)ccc(-c5cccn5C(=O)OC(C)(C)C)c4C[C@@H]3C[C@H]12. The number of likely N-dealkylation sites (N-methyl/N-ethyl adjacent to an activating group) is 1. The number of aromatic hydroxyl groups is 1. The zero-order valence-electron chi connectivity index (χ0n) is 23.8. The van der Waals surface area contributed by atoms with Crippen LogP contribution >= 0.6 is 0 Å². The van der Waals surface area contributed by atoms with Crippen LogP contribution in [0.15, 0.2) is 53.1 Å². The topological polar surface area (TPSA) is 193 Å². The zero-order valence-corrected chi connectivity index (χ0v) is 23.8. The van der Waals surface area contributed by atoms with Gasteiger partial charge in [-0.25, -0.2) is 4.79 Å². The highest BCUT2D eigenvalue weighted by Crippen LogP contribution is 2.53. The van der Waals surface area contributed by atoms with Crippen LogP contribution in [-0.2, 0) is 20.7 Å². The van der Waals surface area contributed by atoms with Crippen molar-refractivity contribution in [3.63, 3.8) is 0 Å². The number of fused-ring (bicyclic) bond motifs is 3. The van der Waals surface area contributed by atoms with E-state index in [4.69, 9.17) is 10.5 Å². The molecule has 1 unspecified atom stereocenters. The summed E-state index contributed by atoms with van der Waals surface area (Å²) in [6.45, 7) is 5.20. The van der Waals surface area contributed by atoms with Crippen LogP contribution < -0.4 is 5.73 Å². The van der Waals surface area contributed by atoms with Gasteiger partial charge < -0.3 is 30.9 Å². The minimum atomic E-state index is -2.72. The predicted molar refractivity (Wildman–Crippen MR) is 149 cm³/mol. The molecule has 0 aliphatic heterocycles. The number of aliphatic hydroxyl groups is 3. The molecule has 1 amide bonds. The fourth-order valence-corrected chi connectivity index (χ4v) is 6.56. The maximum atomic E-state index is 14.0. The predicted octanol–water partition coefficient (Wildman–Crippen LogP) is 2.37. The molecule has 4 atom stereocenters. The monoisotopic (exact) mass is 579 g/mol. The number of phenols is 1. The smallest absolute Gasteiger partial charge is 0.418 e. The molecule has 1 aromatic heterocycles. The molecule has 3 aliphatic carbocycles. The third-order valence-corrected chi connectivity index (χ3v) is 8.22. The summed E-state index contributed by atoms with van der Waals surface area (Å²) < 4.78 is 6.82. The first-order valence-electron chi connectivity index (χ1n) is 13.4. The van der Waals surface area contributed by atoms with Crippen LogP contribution in [0.5, 0.6) is 5.75 Å². The molecule has 0 bridgehead atoms. The summed E-state index contributed by atoms with van der Waals surface area (Å²) >= 11 is 0. The molecule has 42 heavy (non-hydrogen) atoms. The van der Waals surface area contributed by atoms with Crippen LogP contribution in [0, 0.1) is 11.8 Å². The van der Waals surface area contributed by atoms with Gasteiger partial charge in [0.05, 0.1) is 17.3 Å². The number of phenolic OH excluding ortho intramolecular Hbond substituents is 1. The Labute approximate surface area is 241 Å². The zero-order chi connectivity index (χ0) is 31.0. The van der Waals surface area contributed by atoms with Crippen LogP contribution in [0.3, 0.4) is 0 Å². The van der Waals surface area contributed by atoms with Crippen molar-refractivity contribution in [2.45, 2.75) is 50.9 Å². The second-order valence-electron chi connectivity index (χ2n) is 12.2. The summed E-state index contributed by atoms with van der Waals surface area (Å²) in [6.07, 6.45) is 0.909. The number of Topliss-reactive ketones (excluding diaryl/α,β-unsaturated/α-hetero) is 2. The van der Waals surface area contributed by atoms with Gasteiger partial charge in [0, 0.05) is 23.3 Å². The summed E-state index contributed by atoms with van der Waals surface area (Å²) in [4.78, 5) is 54.0. The highest BCUT2D eigenvalue weighted by molar-refractivity contribution is 6.24. The number of aromatic nitrogens is 1. The molecule has 0 radical (unpaired) electrons. The first-order chi connectivity index (χ1) is 19.5. The van der Waals surface area contributed by atoms with Crippen LogP contribution in [0.2, 0.25) is 0 Å². The molecule has 0 spiro atoms. The van der Waals surface area contributed by atoms with Gasteiger partial charge in [-0.1, -0.05) is 0 Å². The van der Waals surface area contributed by atoms with E-state index in [2.05, 4.69) is 0 Å². The number of ether oxygens (including phenoxy) is 1. The molecule has 5 rings (SSSR count). The van der Waals surface area contributed by atoms with E-state index < -0.39 is 75.5 Å². The number of ketones is 2. The largest absolute Gasteiger partial charge is 0.510 e. The van der Waals surface area contributed by atoms with E-state index in [-0.39, 0.29) is 24.0 Å². The number of benzene rings is 1. The number of allylic oxidation sites excluding steroid dienone is 1. The fourth-order valence-electron chi connectivity index (χ4n) is 6.56. The van der Waals surface area contributed by atoms with Crippen LogP contribution in [0.4, 0.5) is 4.79 Å². The van der Waals surface area contributed by atoms with Crippen LogP contribution in [0.25, 0.3) is 11.3 Å². The lowest BCUT2D eigenvalue weighted by molar-refractivity contribution is -0.148. The Hall–Kier alpha value is -4.42. The first-order valence-corrected chi connectivity index (χ1v) is 13.4. The number of carbonyl (C=O) groups is 4. The van der Waals surface area contributed by atoms with Gasteiger partial charge in [-0.15, -0.1) is 0 Å². The molecule has 0 saturated heterocycles. The van der Waals surface area contributed by atoms with E-state index >= 15 is 0 Å². The van der Waals surface area contributed by atoms with Gasteiger partial charge in [-0.2, -0.15) is 0 Å². The van der Waals surface area contributed by atoms with Crippen LogP contribution in [-0.4, -0.2) is 84.8 Å². The van der Waals surface area contributed by atoms with E-state index in [0.717, 1.165) is 0 Å². The van der Waals surface area contributed by atoms with E-state index in [0.29, 0.717) is 16.8 Å². The van der Waals surface area contributed by atoms with Crippen molar-refractivity contribution < 1.29 is 44.3 Å². The normalized spacial score (nSPS) is 25.7. The van der Waals surface area contributed by atoms with Gasteiger partial charge >= 0.3 is 6.09 Å². The highest BCUT2D eigenvalue weighted by Gasteiger charge is 2.63. The summed E-state index contributed by atoms with van der Waals surface area (Å²) in [5, 5.41) is 44.9. The molecule has 0 fully saturated rings. The van der Waals surface area contributed by atoms with Gasteiger partial charge in [-0.3, -0.25) is 23.9 Å². The summed E-state index contributed by atoms with van der Waals surface area (Å²) in [6, 6.07) is 5.08. The Morgan fingerprint density at radius 2 is 1.79 bits per heavy atom. The third kappa shape index (κ3) is 4.12. The first kappa shape index (κ1) is 29.1. The van der Waals surface area contributed by atoms with Gasteiger partial charge in [0.25, 0.3) is 5.91 Å². The van der Waals surface area contributed by atoms with Gasteiger partial charge in [0.1, 0.15) is 28.4 Å². The Morgan fingerprint density at radius 3 is 2.38 bits per heavy atom. The quantitative estimate of drug-likeness (QED) is 0.337. The number of aliphatic hydroxyl groups excluding tert-OH is 2. The number of nitrogens with two attached hydrogens (primary N) is 1. The molecule has 1 aromatic carbocycles. The lowest BCUT2D eigenvalue weighted by atomic mass is 9.58. The summed E-state index contributed by atoms with van der Waals surface area (Å²) in [5.74, 6) is -7.26. The Bertz CT molecular complexity index is 1620. The molecule has 6 N–H and O–H groups in total. The average molecular weight is 580 g/mol. The minimum Gasteiger partial charge on any atom is -0.510 e. The number of hydrogen-bond acceptors (Lipinski definition) is 10. The van der Waals surface area contributed by atoms with E-state index in [1.54, 1.807) is 53.1 Å². The maximum Gasteiger partial charge on any atom is 0.418 e. The minimum absolute atomic E-state index is 0.0477. The lowest BCUT2D eigenvalue weighted by Gasteiger charge is -2.50. The van der Waals surface area contributed by atoms with E-state index in [9.17, 15) is 39.6 Å². The Kier molecular flexibility index (Phi) is 6.62. The molecule has 1 heterocycles. The number of primary amides is 1. The van der Waals surface area contributed by atoms with Crippen LogP contribution in [0.1, 0.15) is 43.1 Å². The molecule has 12 heteroatoms. The van der Waals surface area contributed by atoms with Gasteiger partial charge in [0.2, 0.25) is 5.78 Å². The van der Waals surface area contributed by atoms with Crippen molar-refractivity contribution in [2.24, 2.45) is 17.6 Å². The molecule has 222 valence electrons. The molecule has 12 nitrogen and oxygen atoms in total. The average Bonchev–Trinajstić information content (AvgIpc) is 3.35. The summed E-state index contributed by atoms with van der Waals surface area (Å²) in [5.41, 5.74) is 1.88. The van der Waals surface area contributed by atoms with E-state index in [1.807, 2.05) is 0 Å². The second-order valence-corrected chi connectivity index (χ2v) is 12.2. The number of nitrogens with zero attached hydrogens (tertiary/aromatic N) is 2. The van der Waals surface area contributed by atoms with Crippen molar-refractivity contribution in [1.82, 2.24) is 9.47 Å². The van der Waals surface area contributed by atoms with Gasteiger partial charge in [-0.05, 0) is 83.5 Å². The Balaban J connectivity index is 1.68. The number of hydrogen-bond donors (Lipinski definition) is 5. The maximum absolute atomic E-state index is 14.0. The number of carbonyl (C=O) groups excluding carboxylic acids is 4. The Morgan fingerprint density at radius 1 is 1.12 bits per heavy atom. The molecular formula is C30H33N3O9. The second kappa shape index (κ2) is 9.57. The van der Waals surface area contributed by atoms with Crippen molar-refractivity contribution in [2.75, 3.05) is 14.1 Å². The molecule has 0 saturated carbocycles. The summed E-state index contributed by atoms with van der Waals surface area (Å²) in [7, 11) is 3.13. The van der Waals surface area contributed by atoms with Crippen molar-refractivity contribution in [3.8, 4) is 17.0 Å². The van der Waals surface area contributed by atoms with Crippen molar-refractivity contribution >= 4 is 23.6 Å². The van der Waals surface area contributed by atoms with Gasteiger partial charge in [0.15, 0.2) is 11.4 Å². The molecular weight excluding hydrogens is 546 g/mol. The molecule has 3 aliphatic rings. The van der Waals surface area contributed by atoms with E-state index in [1.165, 1.54) is 21.7 Å². The van der Waals surface area contributed by atoms with Crippen molar-refractivity contribution in [3.05, 3.63) is 64.3 Å². The third-order valence-electron chi connectivity index (χ3n) is 8.22. The number of amides is 1. The fraction of sp³-hybridized carbons (Fsp3) is 0.400. The molecule has 2 aromatic rings. The van der Waals surface area contributed by atoms with Crippen molar-refractivity contribution in [1.29, 1.82) is 0 Å². The number of rotatable bonds is 3.